The average Bonchev–Trinajstić information content (AvgIpc) is 3.69. The normalized spacial score (nSPS) is 16.8. The zero-order valence-electron chi connectivity index (χ0n) is 22.2. The summed E-state index contributed by atoms with van der Waals surface area (Å²) in [5.74, 6) is -0.822. The molecular formula is C31H31ClN4O4. The summed E-state index contributed by atoms with van der Waals surface area (Å²) in [6.45, 7) is 2.19. The van der Waals surface area contributed by atoms with Gasteiger partial charge in [0.2, 0.25) is 5.78 Å². The van der Waals surface area contributed by atoms with Gasteiger partial charge in [-0.15, -0.1) is 0 Å². The maximum Gasteiger partial charge on any atom is 0.292 e. The molecular weight excluding hydrogens is 528 g/mol. The Hall–Kier alpha value is -3.72. The molecule has 3 aromatic carbocycles. The molecule has 2 heterocycles. The van der Waals surface area contributed by atoms with Gasteiger partial charge in [0.05, 0.1) is 28.9 Å². The monoisotopic (exact) mass is 558 g/mol. The molecule has 1 aliphatic heterocycles. The topological polar surface area (TPSA) is 96.7 Å². The summed E-state index contributed by atoms with van der Waals surface area (Å²) in [4.78, 5) is 28.3. The first-order chi connectivity index (χ1) is 19.4. The lowest BCUT2D eigenvalue weighted by Gasteiger charge is -2.36. The number of Topliss-reactive ketones (excluding diaryl/α,β-unsaturated/α-hetero) is 1. The van der Waals surface area contributed by atoms with Crippen LogP contribution >= 0.6 is 11.6 Å². The smallest absolute Gasteiger partial charge is 0.292 e. The molecule has 1 amide bonds. The Labute approximate surface area is 237 Å². The number of halogens is 1. The predicted molar refractivity (Wildman–Crippen MR) is 154 cm³/mol. The molecule has 4 aromatic rings. The fourth-order valence-corrected chi connectivity index (χ4v) is 5.22. The Bertz CT molecular complexity index is 1560. The van der Waals surface area contributed by atoms with Crippen LogP contribution in [0.1, 0.15) is 41.3 Å². The molecule has 0 radical (unpaired) electrons. The second kappa shape index (κ2) is 11.0. The number of carbonyl (C=O) groups is 2. The number of aliphatic hydroxyl groups excluding tert-OH is 1. The van der Waals surface area contributed by atoms with Crippen LogP contribution in [0, 0.1) is 0 Å². The molecule has 9 heteroatoms. The van der Waals surface area contributed by atoms with Crippen LogP contribution in [-0.4, -0.2) is 63.3 Å². The van der Waals surface area contributed by atoms with Gasteiger partial charge in [-0.1, -0.05) is 48.0 Å². The molecule has 2 fully saturated rings. The number of benzene rings is 3. The molecule has 1 aliphatic carbocycles. The third-order valence-electron chi connectivity index (χ3n) is 7.65. The van der Waals surface area contributed by atoms with Crippen molar-refractivity contribution in [2.75, 3.05) is 19.6 Å². The quantitative estimate of drug-likeness (QED) is 0.219. The Morgan fingerprint density at radius 2 is 1.82 bits per heavy atom. The standard InChI is InChI=1S/C31H31ClN4O4/c1-35-27-11-7-21(15-23(27)17-33-35)19-3-5-20(6-4-19)30(38)31(39)34-26(18-36-13-2-14-36)29(37)22-8-12-28(25(32)16-22)40-24-9-10-24/h3-8,11-12,15-17,24,26,29,37H,2,9-10,13-14,18H2,1H3,(H,34,39). The average molecular weight is 559 g/mol. The molecule has 8 nitrogen and oxygen atoms in total. The number of nitrogens with one attached hydrogen (secondary N) is 1. The van der Waals surface area contributed by atoms with Gasteiger partial charge in [-0.3, -0.25) is 14.3 Å². The van der Waals surface area contributed by atoms with Gasteiger partial charge in [-0.25, -0.2) is 0 Å². The molecule has 206 valence electrons. The van der Waals surface area contributed by atoms with Crippen molar-refractivity contribution >= 4 is 34.2 Å². The summed E-state index contributed by atoms with van der Waals surface area (Å²) >= 11 is 6.42. The first-order valence-electron chi connectivity index (χ1n) is 13.6. The Morgan fingerprint density at radius 1 is 1.07 bits per heavy atom. The van der Waals surface area contributed by atoms with E-state index in [9.17, 15) is 14.7 Å². The van der Waals surface area contributed by atoms with Crippen molar-refractivity contribution in [1.82, 2.24) is 20.0 Å². The van der Waals surface area contributed by atoms with E-state index in [1.165, 1.54) is 0 Å². The van der Waals surface area contributed by atoms with E-state index in [0.717, 1.165) is 54.4 Å². The van der Waals surface area contributed by atoms with Crippen LogP contribution in [0.15, 0.2) is 66.9 Å². The summed E-state index contributed by atoms with van der Waals surface area (Å²) in [5.41, 5.74) is 3.80. The van der Waals surface area contributed by atoms with E-state index in [4.69, 9.17) is 16.3 Å². The van der Waals surface area contributed by atoms with Crippen molar-refractivity contribution in [2.45, 2.75) is 37.5 Å². The minimum atomic E-state index is -1.05. The summed E-state index contributed by atoms with van der Waals surface area (Å²) in [6.07, 6.45) is 4.07. The summed E-state index contributed by atoms with van der Waals surface area (Å²) in [7, 11) is 1.90. The summed E-state index contributed by atoms with van der Waals surface area (Å²) < 4.78 is 7.62. The van der Waals surface area contributed by atoms with E-state index < -0.39 is 23.8 Å². The third kappa shape index (κ3) is 5.61. The molecule has 2 N–H and O–H groups in total. The number of aliphatic hydroxyl groups is 1. The Kier molecular flexibility index (Phi) is 7.31. The molecule has 2 aliphatic rings. The van der Waals surface area contributed by atoms with Crippen molar-refractivity contribution in [3.05, 3.63) is 83.0 Å². The van der Waals surface area contributed by atoms with E-state index >= 15 is 0 Å². The third-order valence-corrected chi connectivity index (χ3v) is 7.94. The number of fused-ring (bicyclic) bond motifs is 1. The van der Waals surface area contributed by atoms with Crippen molar-refractivity contribution in [1.29, 1.82) is 0 Å². The van der Waals surface area contributed by atoms with Gasteiger partial charge in [0.1, 0.15) is 11.9 Å². The van der Waals surface area contributed by atoms with Gasteiger partial charge in [0, 0.05) is 24.5 Å². The van der Waals surface area contributed by atoms with Crippen molar-refractivity contribution in [3.8, 4) is 16.9 Å². The summed E-state index contributed by atoms with van der Waals surface area (Å²) in [6, 6.07) is 17.5. The van der Waals surface area contributed by atoms with E-state index in [1.807, 2.05) is 48.3 Å². The SMILES string of the molecule is Cn1ncc2cc(-c3ccc(C(=O)C(=O)NC(CN4CCC4)C(O)c4ccc(OC5CC5)c(Cl)c4)cc3)ccc21. The molecule has 6 rings (SSSR count). The molecule has 1 aromatic heterocycles. The highest BCUT2D eigenvalue weighted by atomic mass is 35.5. The van der Waals surface area contributed by atoms with Crippen LogP contribution in [0.3, 0.4) is 0 Å². The van der Waals surface area contributed by atoms with Gasteiger partial charge in [0.15, 0.2) is 0 Å². The second-order valence-corrected chi connectivity index (χ2v) is 11.0. The summed E-state index contributed by atoms with van der Waals surface area (Å²) in [5, 5.41) is 19.8. The zero-order chi connectivity index (χ0) is 27.8. The first kappa shape index (κ1) is 26.5. The fourth-order valence-electron chi connectivity index (χ4n) is 4.98. The molecule has 0 bridgehead atoms. The zero-order valence-corrected chi connectivity index (χ0v) is 23.0. The number of hydrogen-bond donors (Lipinski definition) is 2. The molecule has 0 spiro atoms. The van der Waals surface area contributed by atoms with Crippen molar-refractivity contribution in [3.63, 3.8) is 0 Å². The number of ether oxygens (including phenoxy) is 1. The molecule has 1 saturated carbocycles. The van der Waals surface area contributed by atoms with E-state index in [2.05, 4.69) is 15.3 Å². The lowest BCUT2D eigenvalue weighted by atomic mass is 9.99. The lowest BCUT2D eigenvalue weighted by molar-refractivity contribution is -0.118. The number of rotatable bonds is 10. The highest BCUT2D eigenvalue weighted by Crippen LogP contribution is 2.34. The number of aromatic nitrogens is 2. The predicted octanol–water partition coefficient (Wildman–Crippen LogP) is 4.54. The van der Waals surface area contributed by atoms with Crippen LogP contribution in [-0.2, 0) is 11.8 Å². The van der Waals surface area contributed by atoms with E-state index in [1.54, 1.807) is 30.3 Å². The van der Waals surface area contributed by atoms with Gasteiger partial charge < -0.3 is 20.1 Å². The lowest BCUT2D eigenvalue weighted by Crippen LogP contribution is -2.52. The largest absolute Gasteiger partial charge is 0.489 e. The number of nitrogens with zero attached hydrogens (tertiary/aromatic N) is 3. The Morgan fingerprint density at radius 3 is 2.50 bits per heavy atom. The molecule has 2 unspecified atom stereocenters. The van der Waals surface area contributed by atoms with Gasteiger partial charge in [-0.2, -0.15) is 5.10 Å². The maximum absolute atomic E-state index is 13.1. The number of ketones is 1. The van der Waals surface area contributed by atoms with Gasteiger partial charge in [-0.05, 0) is 73.3 Å². The Balaban J connectivity index is 1.15. The molecule has 40 heavy (non-hydrogen) atoms. The minimum Gasteiger partial charge on any atom is -0.489 e. The van der Waals surface area contributed by atoms with Crippen molar-refractivity contribution < 1.29 is 19.4 Å². The maximum atomic E-state index is 13.1. The second-order valence-electron chi connectivity index (χ2n) is 10.6. The fraction of sp³-hybridized carbons (Fsp3) is 0.323. The van der Waals surface area contributed by atoms with Gasteiger partial charge in [0.25, 0.3) is 5.91 Å². The van der Waals surface area contributed by atoms with Crippen LogP contribution in [0.5, 0.6) is 5.75 Å². The minimum absolute atomic E-state index is 0.205. The van der Waals surface area contributed by atoms with Crippen molar-refractivity contribution in [2.24, 2.45) is 7.05 Å². The number of aryl methyl sites for hydroxylation is 1. The highest BCUT2D eigenvalue weighted by molar-refractivity contribution is 6.42. The van der Waals surface area contributed by atoms with Crippen LogP contribution in [0.4, 0.5) is 0 Å². The first-order valence-corrected chi connectivity index (χ1v) is 14.0. The van der Waals surface area contributed by atoms with E-state index in [-0.39, 0.29) is 11.7 Å². The number of carbonyl (C=O) groups excluding carboxylic acids is 2. The molecule has 1 saturated heterocycles. The number of amides is 1. The molecule has 2 atom stereocenters. The van der Waals surface area contributed by atoms with Crippen LogP contribution in [0.2, 0.25) is 5.02 Å². The van der Waals surface area contributed by atoms with E-state index in [0.29, 0.717) is 22.9 Å². The number of hydrogen-bond acceptors (Lipinski definition) is 6. The highest BCUT2D eigenvalue weighted by Gasteiger charge is 2.30. The number of likely N-dealkylation sites (tertiary alicyclic amines) is 1. The van der Waals surface area contributed by atoms with Crippen LogP contribution in [0.25, 0.3) is 22.0 Å². The van der Waals surface area contributed by atoms with Gasteiger partial charge >= 0.3 is 0 Å². The van der Waals surface area contributed by atoms with Crippen LogP contribution < -0.4 is 10.1 Å².